The molecule has 0 bridgehead atoms. The van der Waals surface area contributed by atoms with Gasteiger partial charge in [-0.1, -0.05) is 31.2 Å². The molecule has 0 fully saturated rings. The quantitative estimate of drug-likeness (QED) is 0.666. The number of hydrogen-bond acceptors (Lipinski definition) is 5. The molecule has 0 spiro atoms. The highest BCUT2D eigenvalue weighted by Gasteiger charge is 2.23. The molecule has 0 saturated carbocycles. The number of ether oxygens (including phenoxy) is 1. The zero-order chi connectivity index (χ0) is 18.5. The first-order chi connectivity index (χ1) is 12.6. The number of thiol groups is 1. The molecule has 3 rings (SSSR count). The van der Waals surface area contributed by atoms with Crippen molar-refractivity contribution in [3.63, 3.8) is 0 Å². The molecule has 1 aliphatic rings. The van der Waals surface area contributed by atoms with E-state index in [0.717, 1.165) is 5.56 Å². The van der Waals surface area contributed by atoms with Crippen LogP contribution < -0.4 is 4.74 Å². The Balaban J connectivity index is 1.93. The average Bonchev–Trinajstić information content (AvgIpc) is 3.29. The minimum atomic E-state index is -0.957. The Morgan fingerprint density at radius 2 is 2.12 bits per heavy atom. The highest BCUT2D eigenvalue weighted by molar-refractivity contribution is 8.22. The largest absolute Gasteiger partial charge is 0.493 e. The number of carbonyl (C=O) groups is 1. The van der Waals surface area contributed by atoms with Crippen molar-refractivity contribution in [1.82, 2.24) is 4.98 Å². The molecule has 2 heterocycles. The van der Waals surface area contributed by atoms with Crippen molar-refractivity contribution in [3.8, 4) is 22.4 Å². The van der Waals surface area contributed by atoms with E-state index in [1.807, 2.05) is 54.2 Å². The fourth-order valence-electron chi connectivity index (χ4n) is 2.43. The van der Waals surface area contributed by atoms with Crippen LogP contribution in [0.4, 0.5) is 0 Å². The SMILES string of the molecule is CC(CC#N)COc1ccccc1-c1nc([SH]2C=CC=C2)c(C(=O)O)s1. The van der Waals surface area contributed by atoms with Gasteiger partial charge in [-0.2, -0.15) is 16.2 Å². The number of rotatable bonds is 7. The number of carboxylic acid groups (broad SMARTS) is 1. The summed E-state index contributed by atoms with van der Waals surface area (Å²) in [7, 11) is -0.815. The van der Waals surface area contributed by atoms with Crippen LogP contribution >= 0.6 is 22.2 Å². The van der Waals surface area contributed by atoms with Gasteiger partial charge in [0.25, 0.3) is 0 Å². The number of aromatic carboxylic acids is 1. The van der Waals surface area contributed by atoms with Crippen LogP contribution in [-0.2, 0) is 0 Å². The van der Waals surface area contributed by atoms with Gasteiger partial charge in [0.2, 0.25) is 0 Å². The molecule has 7 heteroatoms. The average molecular weight is 386 g/mol. The van der Waals surface area contributed by atoms with Gasteiger partial charge in [-0.15, -0.1) is 11.3 Å². The van der Waals surface area contributed by atoms with Crippen molar-refractivity contribution < 1.29 is 14.6 Å². The summed E-state index contributed by atoms with van der Waals surface area (Å²) >= 11 is 1.17. The molecule has 0 saturated heterocycles. The van der Waals surface area contributed by atoms with Crippen LogP contribution in [0.3, 0.4) is 0 Å². The summed E-state index contributed by atoms with van der Waals surface area (Å²) in [5.74, 6) is -0.187. The normalized spacial score (nSPS) is 15.0. The molecule has 2 aromatic rings. The number of para-hydroxylation sites is 1. The minimum Gasteiger partial charge on any atom is -0.493 e. The maximum absolute atomic E-state index is 11.7. The second-order valence-corrected chi connectivity index (χ2v) is 8.68. The van der Waals surface area contributed by atoms with E-state index in [1.54, 1.807) is 0 Å². The van der Waals surface area contributed by atoms with E-state index in [9.17, 15) is 9.90 Å². The van der Waals surface area contributed by atoms with Gasteiger partial charge in [-0.05, 0) is 22.9 Å². The number of carboxylic acids is 1. The fourth-order valence-corrected chi connectivity index (χ4v) is 5.28. The van der Waals surface area contributed by atoms with Crippen LogP contribution in [0.5, 0.6) is 5.75 Å². The van der Waals surface area contributed by atoms with E-state index >= 15 is 0 Å². The van der Waals surface area contributed by atoms with E-state index in [1.165, 1.54) is 11.3 Å². The zero-order valence-electron chi connectivity index (χ0n) is 14.1. The highest BCUT2D eigenvalue weighted by Crippen LogP contribution is 2.47. The van der Waals surface area contributed by atoms with Gasteiger partial charge >= 0.3 is 5.97 Å². The summed E-state index contributed by atoms with van der Waals surface area (Å²) in [6, 6.07) is 9.61. The molecule has 0 amide bonds. The van der Waals surface area contributed by atoms with Crippen LogP contribution in [0.15, 0.2) is 52.3 Å². The summed E-state index contributed by atoms with van der Waals surface area (Å²) in [5.41, 5.74) is 0.776. The molecule has 1 aromatic carbocycles. The lowest BCUT2D eigenvalue weighted by atomic mass is 10.1. The Kier molecular flexibility index (Phi) is 5.76. The summed E-state index contributed by atoms with van der Waals surface area (Å²) < 4.78 is 5.89. The Hall–Kier alpha value is -2.56. The molecule has 26 heavy (non-hydrogen) atoms. The van der Waals surface area contributed by atoms with Crippen molar-refractivity contribution >= 4 is 28.2 Å². The predicted molar refractivity (Wildman–Crippen MR) is 105 cm³/mol. The third-order valence-corrected chi connectivity index (χ3v) is 6.76. The summed E-state index contributed by atoms with van der Waals surface area (Å²) in [6.45, 7) is 2.38. The van der Waals surface area contributed by atoms with Crippen molar-refractivity contribution in [2.24, 2.45) is 5.92 Å². The van der Waals surface area contributed by atoms with Gasteiger partial charge < -0.3 is 9.84 Å². The van der Waals surface area contributed by atoms with Crippen molar-refractivity contribution in [2.75, 3.05) is 6.61 Å². The van der Waals surface area contributed by atoms with Crippen molar-refractivity contribution in [2.45, 2.75) is 18.4 Å². The van der Waals surface area contributed by atoms with E-state index in [0.29, 0.717) is 28.8 Å². The second-order valence-electron chi connectivity index (χ2n) is 5.84. The van der Waals surface area contributed by atoms with Gasteiger partial charge in [0.1, 0.15) is 20.7 Å². The lowest BCUT2D eigenvalue weighted by Gasteiger charge is -2.12. The topological polar surface area (TPSA) is 83.2 Å². The molecule has 1 unspecified atom stereocenters. The first kappa shape index (κ1) is 18.2. The van der Waals surface area contributed by atoms with Crippen LogP contribution in [0.2, 0.25) is 0 Å². The molecular weight excluding hydrogens is 368 g/mol. The Labute approximate surface area is 158 Å². The Bertz CT molecular complexity index is 900. The maximum Gasteiger partial charge on any atom is 0.348 e. The maximum atomic E-state index is 11.7. The number of allylic oxidation sites excluding steroid dienone is 2. The van der Waals surface area contributed by atoms with E-state index in [-0.39, 0.29) is 10.8 Å². The third kappa shape index (κ3) is 3.98. The standard InChI is InChI=1S/C19H18N2O3S2/c1-13(8-9-20)12-24-15-7-3-2-6-14(15)17-21-18(16(25-17)19(22)23)26-10-4-5-11-26/h2-7,10-11,13,26H,8,12H2,1H3,(H,22,23). The van der Waals surface area contributed by atoms with Gasteiger partial charge in [0.15, 0.2) is 0 Å². The predicted octanol–water partition coefficient (Wildman–Crippen LogP) is 4.84. The van der Waals surface area contributed by atoms with Crippen molar-refractivity contribution in [3.05, 3.63) is 52.1 Å². The van der Waals surface area contributed by atoms with Crippen LogP contribution in [0, 0.1) is 17.2 Å². The zero-order valence-corrected chi connectivity index (χ0v) is 15.8. The summed E-state index contributed by atoms with van der Waals surface area (Å²) in [5, 5.41) is 23.6. The molecule has 5 nitrogen and oxygen atoms in total. The van der Waals surface area contributed by atoms with Crippen LogP contribution in [-0.4, -0.2) is 22.7 Å². The number of thiazole rings is 1. The second kappa shape index (κ2) is 8.21. The number of benzene rings is 1. The molecule has 0 radical (unpaired) electrons. The Morgan fingerprint density at radius 1 is 1.38 bits per heavy atom. The smallest absolute Gasteiger partial charge is 0.348 e. The minimum absolute atomic E-state index is 0.117. The molecule has 134 valence electrons. The number of nitrogens with zero attached hydrogens (tertiary/aromatic N) is 2. The van der Waals surface area contributed by atoms with Gasteiger partial charge in [-0.3, -0.25) is 0 Å². The van der Waals surface area contributed by atoms with Crippen LogP contribution in [0.25, 0.3) is 10.6 Å². The van der Waals surface area contributed by atoms with Gasteiger partial charge in [0, 0.05) is 12.3 Å². The summed E-state index contributed by atoms with van der Waals surface area (Å²) in [4.78, 5) is 16.6. The number of hydrogen-bond donors (Lipinski definition) is 2. The van der Waals surface area contributed by atoms with Crippen LogP contribution in [0.1, 0.15) is 23.0 Å². The molecule has 1 N–H and O–H groups in total. The summed E-state index contributed by atoms with van der Waals surface area (Å²) in [6.07, 6.45) is 4.27. The van der Waals surface area contributed by atoms with Gasteiger partial charge in [-0.25, -0.2) is 9.78 Å². The monoisotopic (exact) mass is 386 g/mol. The Morgan fingerprint density at radius 3 is 2.81 bits per heavy atom. The van der Waals surface area contributed by atoms with E-state index in [2.05, 4.69) is 11.1 Å². The lowest BCUT2D eigenvalue weighted by Crippen LogP contribution is -2.08. The molecule has 1 aromatic heterocycles. The first-order valence-corrected chi connectivity index (χ1v) is 10.4. The molecular formula is C19H18N2O3S2. The number of nitriles is 1. The van der Waals surface area contributed by atoms with Crippen molar-refractivity contribution in [1.29, 1.82) is 5.26 Å². The lowest BCUT2D eigenvalue weighted by molar-refractivity contribution is 0.0698. The van der Waals surface area contributed by atoms with E-state index < -0.39 is 16.9 Å². The van der Waals surface area contributed by atoms with E-state index in [4.69, 9.17) is 10.00 Å². The fraction of sp³-hybridized carbons (Fsp3) is 0.211. The van der Waals surface area contributed by atoms with Gasteiger partial charge in [0.05, 0.1) is 18.2 Å². The third-order valence-electron chi connectivity index (χ3n) is 3.73. The number of aromatic nitrogens is 1. The molecule has 0 aliphatic carbocycles. The highest BCUT2D eigenvalue weighted by atomic mass is 32.2. The molecule has 1 atom stereocenters. The first-order valence-electron chi connectivity index (χ1n) is 8.06. The molecule has 1 aliphatic heterocycles.